The van der Waals surface area contributed by atoms with Crippen molar-refractivity contribution >= 4 is 33.5 Å². The Bertz CT molecular complexity index is 467. The highest BCUT2D eigenvalue weighted by atomic mass is 79.9. The van der Waals surface area contributed by atoms with Gasteiger partial charge in [0.1, 0.15) is 16.3 Å². The molecule has 1 rings (SSSR count). The second kappa shape index (κ2) is 4.94. The second-order valence-corrected chi connectivity index (χ2v) is 5.95. The highest BCUT2D eigenvalue weighted by Gasteiger charge is 2.24. The molecule has 0 bridgehead atoms. The molecule has 0 fully saturated rings. The minimum absolute atomic E-state index is 0.178. The van der Waals surface area contributed by atoms with Crippen LogP contribution in [-0.2, 0) is 4.74 Å². The quantitative estimate of drug-likeness (QED) is 0.578. The summed E-state index contributed by atoms with van der Waals surface area (Å²) in [4.78, 5) is 16.1. The van der Waals surface area contributed by atoms with E-state index in [2.05, 4.69) is 20.9 Å². The van der Waals surface area contributed by atoms with Gasteiger partial charge in [0.25, 0.3) is 0 Å². The Morgan fingerprint density at radius 2 is 1.88 bits per heavy atom. The predicted molar refractivity (Wildman–Crippen MR) is 71.6 cm³/mol. The van der Waals surface area contributed by atoms with Gasteiger partial charge in [0.05, 0.1) is 5.69 Å². The molecule has 0 aliphatic rings. The molecule has 0 saturated heterocycles. The van der Waals surface area contributed by atoms with Crippen LogP contribution in [0.3, 0.4) is 0 Å². The van der Waals surface area contributed by atoms with Crippen molar-refractivity contribution < 1.29 is 9.53 Å². The van der Waals surface area contributed by atoms with Gasteiger partial charge in [-0.05, 0) is 56.1 Å². The third kappa shape index (κ3) is 3.42. The molecule has 3 nitrogen and oxygen atoms in total. The van der Waals surface area contributed by atoms with E-state index in [4.69, 9.17) is 16.3 Å². The molecule has 0 unspecified atom stereocenters. The fourth-order valence-corrected chi connectivity index (χ4v) is 1.99. The Morgan fingerprint density at radius 3 is 2.35 bits per heavy atom. The van der Waals surface area contributed by atoms with Gasteiger partial charge in [0.2, 0.25) is 0 Å². The summed E-state index contributed by atoms with van der Waals surface area (Å²) in [5, 5.41) is 0.178. The monoisotopic (exact) mass is 319 g/mol. The fraction of sp³-hybridized carbons (Fsp3) is 0.500. The highest BCUT2D eigenvalue weighted by molar-refractivity contribution is 9.10. The number of hydrogen-bond donors (Lipinski definition) is 0. The van der Waals surface area contributed by atoms with Crippen LogP contribution < -0.4 is 0 Å². The van der Waals surface area contributed by atoms with Crippen LogP contribution in [-0.4, -0.2) is 16.6 Å². The molecule has 1 heterocycles. The van der Waals surface area contributed by atoms with Crippen molar-refractivity contribution in [2.75, 3.05) is 0 Å². The molecule has 0 aliphatic heterocycles. The number of carbonyl (C=O) groups excluding carboxylic acids is 1. The number of esters is 1. The normalized spacial score (nSPS) is 11.5. The van der Waals surface area contributed by atoms with Gasteiger partial charge in [0, 0.05) is 4.47 Å². The summed E-state index contributed by atoms with van der Waals surface area (Å²) in [6.07, 6.45) is 0. The van der Waals surface area contributed by atoms with Crippen LogP contribution in [0.25, 0.3) is 0 Å². The lowest BCUT2D eigenvalue weighted by atomic mass is 10.1. The van der Waals surface area contributed by atoms with E-state index in [1.54, 1.807) is 0 Å². The van der Waals surface area contributed by atoms with E-state index < -0.39 is 11.6 Å². The van der Waals surface area contributed by atoms with Gasteiger partial charge < -0.3 is 4.74 Å². The van der Waals surface area contributed by atoms with E-state index in [-0.39, 0.29) is 5.15 Å². The summed E-state index contributed by atoms with van der Waals surface area (Å²) in [6, 6.07) is 0. The zero-order chi connectivity index (χ0) is 13.4. The standard InChI is InChI=1S/C12H15BrClNO2/c1-6-8(11(16)17-12(3,4)5)10(14)15-7(2)9(6)13/h1-5H3. The molecule has 94 valence electrons. The molecule has 0 N–H and O–H groups in total. The SMILES string of the molecule is Cc1nc(Cl)c(C(=O)OC(C)(C)C)c(C)c1Br. The number of hydrogen-bond acceptors (Lipinski definition) is 3. The molecule has 0 aromatic carbocycles. The molecule has 0 amide bonds. The van der Waals surface area contributed by atoms with Crippen LogP contribution in [0.5, 0.6) is 0 Å². The third-order valence-corrected chi connectivity index (χ3v) is 3.54. The van der Waals surface area contributed by atoms with Gasteiger partial charge >= 0.3 is 5.97 Å². The number of aromatic nitrogens is 1. The van der Waals surface area contributed by atoms with Crippen molar-refractivity contribution in [3.8, 4) is 0 Å². The molecule has 1 aromatic rings. The average Bonchev–Trinajstić information content (AvgIpc) is 2.11. The van der Waals surface area contributed by atoms with Crippen molar-refractivity contribution in [1.82, 2.24) is 4.98 Å². The fourth-order valence-electron chi connectivity index (χ4n) is 1.35. The van der Waals surface area contributed by atoms with Crippen LogP contribution in [0, 0.1) is 13.8 Å². The number of halogens is 2. The zero-order valence-corrected chi connectivity index (χ0v) is 12.9. The average molecular weight is 321 g/mol. The molecule has 1 aromatic heterocycles. The van der Waals surface area contributed by atoms with E-state index in [1.807, 2.05) is 34.6 Å². The van der Waals surface area contributed by atoms with Crippen molar-refractivity contribution in [2.45, 2.75) is 40.2 Å². The lowest BCUT2D eigenvalue weighted by Gasteiger charge is -2.21. The third-order valence-electron chi connectivity index (χ3n) is 2.10. The van der Waals surface area contributed by atoms with Gasteiger partial charge in [-0.15, -0.1) is 0 Å². The number of pyridine rings is 1. The lowest BCUT2D eigenvalue weighted by Crippen LogP contribution is -2.25. The summed E-state index contributed by atoms with van der Waals surface area (Å²) < 4.78 is 6.08. The van der Waals surface area contributed by atoms with Crippen LogP contribution in [0.15, 0.2) is 4.47 Å². The van der Waals surface area contributed by atoms with E-state index in [9.17, 15) is 4.79 Å². The first-order chi connectivity index (χ1) is 7.63. The molecule has 0 atom stereocenters. The Balaban J connectivity index is 3.24. The summed E-state index contributed by atoms with van der Waals surface area (Å²) in [5.74, 6) is -0.451. The van der Waals surface area contributed by atoms with Crippen molar-refractivity contribution in [3.63, 3.8) is 0 Å². The topological polar surface area (TPSA) is 39.2 Å². The minimum Gasteiger partial charge on any atom is -0.456 e. The number of nitrogens with zero attached hydrogens (tertiary/aromatic N) is 1. The van der Waals surface area contributed by atoms with Crippen LogP contribution >= 0.6 is 27.5 Å². The first-order valence-electron chi connectivity index (χ1n) is 5.19. The minimum atomic E-state index is -0.551. The molecule has 5 heteroatoms. The summed E-state index contributed by atoms with van der Waals surface area (Å²) >= 11 is 9.38. The molecule has 0 radical (unpaired) electrons. The van der Waals surface area contributed by atoms with Gasteiger partial charge in [-0.25, -0.2) is 9.78 Å². The van der Waals surface area contributed by atoms with Crippen LogP contribution in [0.1, 0.15) is 42.4 Å². The summed E-state index contributed by atoms with van der Waals surface area (Å²) in [7, 11) is 0. The number of ether oxygens (including phenoxy) is 1. The Hall–Kier alpha value is -0.610. The molecular formula is C12H15BrClNO2. The Morgan fingerprint density at radius 1 is 1.35 bits per heavy atom. The summed E-state index contributed by atoms with van der Waals surface area (Å²) in [6.45, 7) is 9.06. The number of aryl methyl sites for hydroxylation is 1. The number of rotatable bonds is 1. The predicted octanol–water partition coefficient (Wildman–Crippen LogP) is 4.07. The Labute approximate surface area is 115 Å². The van der Waals surface area contributed by atoms with E-state index >= 15 is 0 Å². The zero-order valence-electron chi connectivity index (χ0n) is 10.5. The number of carbonyl (C=O) groups is 1. The van der Waals surface area contributed by atoms with Crippen molar-refractivity contribution in [1.29, 1.82) is 0 Å². The van der Waals surface area contributed by atoms with Gasteiger partial charge in [-0.3, -0.25) is 0 Å². The van der Waals surface area contributed by atoms with E-state index in [0.29, 0.717) is 5.56 Å². The van der Waals surface area contributed by atoms with Crippen LogP contribution in [0.4, 0.5) is 0 Å². The maximum absolute atomic E-state index is 12.0. The lowest BCUT2D eigenvalue weighted by molar-refractivity contribution is 0.00684. The second-order valence-electron chi connectivity index (χ2n) is 4.80. The highest BCUT2D eigenvalue weighted by Crippen LogP contribution is 2.29. The van der Waals surface area contributed by atoms with Gasteiger partial charge in [-0.1, -0.05) is 11.6 Å². The van der Waals surface area contributed by atoms with Gasteiger partial charge in [0.15, 0.2) is 0 Å². The largest absolute Gasteiger partial charge is 0.456 e. The molecule has 0 saturated carbocycles. The van der Waals surface area contributed by atoms with Crippen molar-refractivity contribution in [2.24, 2.45) is 0 Å². The smallest absolute Gasteiger partial charge is 0.342 e. The molecular weight excluding hydrogens is 305 g/mol. The first kappa shape index (κ1) is 14.5. The maximum atomic E-state index is 12.0. The maximum Gasteiger partial charge on any atom is 0.342 e. The summed E-state index contributed by atoms with van der Waals surface area (Å²) in [5.41, 5.74) is 1.26. The Kier molecular flexibility index (Phi) is 4.20. The first-order valence-corrected chi connectivity index (χ1v) is 6.36. The van der Waals surface area contributed by atoms with Crippen molar-refractivity contribution in [3.05, 3.63) is 26.4 Å². The molecule has 17 heavy (non-hydrogen) atoms. The molecule has 0 spiro atoms. The molecule has 0 aliphatic carbocycles. The van der Waals surface area contributed by atoms with E-state index in [0.717, 1.165) is 15.7 Å². The van der Waals surface area contributed by atoms with Crippen LogP contribution in [0.2, 0.25) is 5.15 Å². The van der Waals surface area contributed by atoms with Gasteiger partial charge in [-0.2, -0.15) is 0 Å². The van der Waals surface area contributed by atoms with E-state index in [1.165, 1.54) is 0 Å².